The Morgan fingerprint density at radius 1 is 1.19 bits per heavy atom. The third kappa shape index (κ3) is 1.38. The van der Waals surface area contributed by atoms with Crippen molar-refractivity contribution in [3.63, 3.8) is 0 Å². The van der Waals surface area contributed by atoms with E-state index in [1.807, 2.05) is 18.2 Å². The summed E-state index contributed by atoms with van der Waals surface area (Å²) in [6.45, 7) is 0. The molecule has 1 aromatic carbocycles. The van der Waals surface area contributed by atoms with Gasteiger partial charge in [-0.15, -0.1) is 0 Å². The van der Waals surface area contributed by atoms with E-state index in [0.717, 1.165) is 15.8 Å². The van der Waals surface area contributed by atoms with Gasteiger partial charge in [-0.2, -0.15) is 4.98 Å². The molecule has 3 aromatic rings. The summed E-state index contributed by atoms with van der Waals surface area (Å²) in [7, 11) is 0. The average Bonchev–Trinajstić information content (AvgIpc) is 2.81. The average molecular weight is 233 g/mol. The molecule has 2 aromatic heterocycles. The number of rotatable bonds is 1. The fourth-order valence-electron chi connectivity index (χ4n) is 1.43. The number of nitrogens with zero attached hydrogens (tertiary/aromatic N) is 3. The summed E-state index contributed by atoms with van der Waals surface area (Å²) < 4.78 is 5.95. The lowest BCUT2D eigenvalue weighted by atomic mass is 10.2. The molecule has 0 bridgehead atoms. The van der Waals surface area contributed by atoms with Crippen molar-refractivity contribution in [2.45, 2.75) is 0 Å². The van der Waals surface area contributed by atoms with Crippen LogP contribution in [0.2, 0.25) is 0 Å². The summed E-state index contributed by atoms with van der Waals surface area (Å²) in [4.78, 5) is 8.11. The molecular weight excluding hydrogens is 226 g/mol. The van der Waals surface area contributed by atoms with Gasteiger partial charge < -0.3 is 16.0 Å². The fraction of sp³-hybridized carbons (Fsp3) is 0. The monoisotopic (exact) mass is 233 g/mol. The zero-order valence-electron chi connectivity index (χ0n) is 8.04. The van der Waals surface area contributed by atoms with Crippen LogP contribution in [0.15, 0.2) is 22.7 Å². The van der Waals surface area contributed by atoms with Crippen molar-refractivity contribution in [1.29, 1.82) is 0 Å². The van der Waals surface area contributed by atoms with E-state index < -0.39 is 0 Å². The molecule has 0 amide bonds. The molecule has 6 nitrogen and oxygen atoms in total. The Morgan fingerprint density at radius 2 is 2.06 bits per heavy atom. The SMILES string of the molecule is Nc1noc(-c2ccc3nc(N)sc3c2)n1. The second kappa shape index (κ2) is 3.17. The number of benzene rings is 1. The first-order chi connectivity index (χ1) is 7.72. The van der Waals surface area contributed by atoms with Crippen LogP contribution in [0.5, 0.6) is 0 Å². The number of anilines is 2. The lowest BCUT2D eigenvalue weighted by molar-refractivity contribution is 0.433. The molecule has 2 heterocycles. The van der Waals surface area contributed by atoms with Crippen LogP contribution in [0.1, 0.15) is 0 Å². The molecule has 4 N–H and O–H groups in total. The van der Waals surface area contributed by atoms with Crippen molar-refractivity contribution < 1.29 is 4.52 Å². The van der Waals surface area contributed by atoms with Crippen LogP contribution >= 0.6 is 11.3 Å². The van der Waals surface area contributed by atoms with Crippen molar-refractivity contribution in [3.05, 3.63) is 18.2 Å². The maximum absolute atomic E-state index is 5.62. The van der Waals surface area contributed by atoms with Crippen LogP contribution in [-0.4, -0.2) is 15.1 Å². The standard InChI is InChI=1S/C9H7N5OS/c10-8-13-7(15-14-8)4-1-2-5-6(3-4)16-9(11)12-5/h1-3H,(H2,10,14)(H2,11,12). The van der Waals surface area contributed by atoms with Gasteiger partial charge in [-0.1, -0.05) is 11.3 Å². The highest BCUT2D eigenvalue weighted by molar-refractivity contribution is 7.22. The number of nitrogens with two attached hydrogens (primary N) is 2. The van der Waals surface area contributed by atoms with Gasteiger partial charge >= 0.3 is 0 Å². The van der Waals surface area contributed by atoms with E-state index in [4.69, 9.17) is 16.0 Å². The molecule has 0 unspecified atom stereocenters. The minimum Gasteiger partial charge on any atom is -0.375 e. The van der Waals surface area contributed by atoms with Gasteiger partial charge in [-0.25, -0.2) is 4.98 Å². The summed E-state index contributed by atoms with van der Waals surface area (Å²) in [6.07, 6.45) is 0. The van der Waals surface area contributed by atoms with Crippen LogP contribution in [0, 0.1) is 0 Å². The highest BCUT2D eigenvalue weighted by Crippen LogP contribution is 2.28. The number of hydrogen-bond donors (Lipinski definition) is 2. The molecule has 80 valence electrons. The molecule has 0 atom stereocenters. The summed E-state index contributed by atoms with van der Waals surface area (Å²) in [5, 5.41) is 4.07. The zero-order valence-corrected chi connectivity index (χ0v) is 8.86. The van der Waals surface area contributed by atoms with E-state index in [1.54, 1.807) is 0 Å². The molecule has 0 aliphatic heterocycles. The van der Waals surface area contributed by atoms with Crippen molar-refractivity contribution in [2.75, 3.05) is 11.5 Å². The van der Waals surface area contributed by atoms with E-state index in [0.29, 0.717) is 11.0 Å². The van der Waals surface area contributed by atoms with Crippen molar-refractivity contribution >= 4 is 32.6 Å². The van der Waals surface area contributed by atoms with Gasteiger partial charge in [0.05, 0.1) is 10.2 Å². The van der Waals surface area contributed by atoms with Crippen molar-refractivity contribution in [1.82, 2.24) is 15.1 Å². The third-order valence-electron chi connectivity index (χ3n) is 2.09. The van der Waals surface area contributed by atoms with Crippen molar-refractivity contribution in [2.24, 2.45) is 0 Å². The Kier molecular flexibility index (Phi) is 1.80. The van der Waals surface area contributed by atoms with Gasteiger partial charge in [-0.05, 0) is 23.4 Å². The van der Waals surface area contributed by atoms with E-state index in [-0.39, 0.29) is 5.95 Å². The molecule has 0 aliphatic carbocycles. The predicted octanol–water partition coefficient (Wildman–Crippen LogP) is 1.51. The highest BCUT2D eigenvalue weighted by atomic mass is 32.1. The minimum atomic E-state index is 0.124. The fourth-order valence-corrected chi connectivity index (χ4v) is 2.20. The number of thiazole rings is 1. The van der Waals surface area contributed by atoms with E-state index >= 15 is 0 Å². The molecule has 0 radical (unpaired) electrons. The second-order valence-corrected chi connectivity index (χ2v) is 4.25. The van der Waals surface area contributed by atoms with Gasteiger partial charge in [0.25, 0.3) is 11.8 Å². The van der Waals surface area contributed by atoms with Crippen LogP contribution in [0.25, 0.3) is 21.7 Å². The summed E-state index contributed by atoms with van der Waals surface area (Å²) in [6, 6.07) is 5.60. The van der Waals surface area contributed by atoms with Gasteiger partial charge in [0.1, 0.15) is 0 Å². The predicted molar refractivity (Wildman–Crippen MR) is 61.7 cm³/mol. The second-order valence-electron chi connectivity index (χ2n) is 3.19. The molecule has 0 saturated heterocycles. The summed E-state index contributed by atoms with van der Waals surface area (Å²) >= 11 is 1.41. The Balaban J connectivity index is 2.17. The smallest absolute Gasteiger partial charge is 0.261 e. The minimum absolute atomic E-state index is 0.124. The molecular formula is C9H7N5OS. The van der Waals surface area contributed by atoms with Gasteiger partial charge in [0, 0.05) is 5.56 Å². The normalized spacial score (nSPS) is 11.0. The molecule has 7 heteroatoms. The van der Waals surface area contributed by atoms with Crippen LogP contribution in [0.3, 0.4) is 0 Å². The van der Waals surface area contributed by atoms with Crippen molar-refractivity contribution in [3.8, 4) is 11.5 Å². The molecule has 3 rings (SSSR count). The van der Waals surface area contributed by atoms with E-state index in [1.165, 1.54) is 11.3 Å². The molecule has 0 fully saturated rings. The first kappa shape index (κ1) is 9.10. The number of hydrogen-bond acceptors (Lipinski definition) is 7. The lowest BCUT2D eigenvalue weighted by Crippen LogP contribution is -1.85. The summed E-state index contributed by atoms with van der Waals surface area (Å²) in [5.74, 6) is 0.519. The van der Waals surface area contributed by atoms with Gasteiger partial charge in [-0.3, -0.25) is 0 Å². The lowest BCUT2D eigenvalue weighted by Gasteiger charge is -1.92. The number of fused-ring (bicyclic) bond motifs is 1. The molecule has 0 spiro atoms. The maximum Gasteiger partial charge on any atom is 0.261 e. The first-order valence-electron chi connectivity index (χ1n) is 4.48. The topological polar surface area (TPSA) is 104 Å². The Hall–Kier alpha value is -2.15. The van der Waals surface area contributed by atoms with Gasteiger partial charge in [0.15, 0.2) is 5.13 Å². The van der Waals surface area contributed by atoms with E-state index in [9.17, 15) is 0 Å². The van der Waals surface area contributed by atoms with Gasteiger partial charge in [0.2, 0.25) is 0 Å². The number of nitrogen functional groups attached to an aromatic ring is 2. The quantitative estimate of drug-likeness (QED) is 0.660. The summed E-state index contributed by atoms with van der Waals surface area (Å²) in [5.41, 5.74) is 12.7. The van der Waals surface area contributed by atoms with E-state index in [2.05, 4.69) is 15.1 Å². The first-order valence-corrected chi connectivity index (χ1v) is 5.29. The third-order valence-corrected chi connectivity index (χ3v) is 2.94. The largest absolute Gasteiger partial charge is 0.375 e. The Morgan fingerprint density at radius 3 is 2.81 bits per heavy atom. The number of aromatic nitrogens is 3. The molecule has 0 saturated carbocycles. The highest BCUT2D eigenvalue weighted by Gasteiger charge is 2.09. The Bertz CT molecular complexity index is 659. The van der Waals surface area contributed by atoms with Crippen LogP contribution in [-0.2, 0) is 0 Å². The zero-order chi connectivity index (χ0) is 11.1. The van der Waals surface area contributed by atoms with Crippen LogP contribution in [0.4, 0.5) is 11.1 Å². The molecule has 16 heavy (non-hydrogen) atoms. The Labute approximate surface area is 93.9 Å². The maximum atomic E-state index is 5.62. The molecule has 0 aliphatic rings. The van der Waals surface area contributed by atoms with Crippen LogP contribution < -0.4 is 11.5 Å².